The Morgan fingerprint density at radius 1 is 1.50 bits per heavy atom. The van der Waals surface area contributed by atoms with Gasteiger partial charge in [-0.05, 0) is 6.92 Å². The van der Waals surface area contributed by atoms with Crippen LogP contribution in [0, 0.1) is 6.92 Å². The van der Waals surface area contributed by atoms with Crippen LogP contribution in [-0.4, -0.2) is 46.3 Å². The van der Waals surface area contributed by atoms with E-state index in [2.05, 4.69) is 9.68 Å². The van der Waals surface area contributed by atoms with Gasteiger partial charge in [-0.25, -0.2) is 0 Å². The minimum Gasteiger partial charge on any atom is -0.480 e. The summed E-state index contributed by atoms with van der Waals surface area (Å²) in [5.74, 6) is -2.46. The quantitative estimate of drug-likeness (QED) is 0.881. The molecule has 6 nitrogen and oxygen atoms in total. The smallest absolute Gasteiger partial charge is 0.406 e. The van der Waals surface area contributed by atoms with Crippen molar-refractivity contribution in [2.75, 3.05) is 13.1 Å². The summed E-state index contributed by atoms with van der Waals surface area (Å²) in [6.45, 7) is -1.27. The topological polar surface area (TPSA) is 83.6 Å². The van der Waals surface area contributed by atoms with Gasteiger partial charge in [0.15, 0.2) is 5.69 Å². The van der Waals surface area contributed by atoms with Crippen LogP contribution in [0.4, 0.5) is 13.2 Å². The third-order valence-corrected chi connectivity index (χ3v) is 1.83. The van der Waals surface area contributed by atoms with Gasteiger partial charge in [-0.2, -0.15) is 13.2 Å². The first-order valence-corrected chi connectivity index (χ1v) is 4.70. The van der Waals surface area contributed by atoms with Crippen LogP contribution in [0.2, 0.25) is 0 Å². The Balaban J connectivity index is 2.88. The summed E-state index contributed by atoms with van der Waals surface area (Å²) in [6.07, 6.45) is -4.69. The normalized spacial score (nSPS) is 11.3. The van der Waals surface area contributed by atoms with Crippen molar-refractivity contribution in [1.29, 1.82) is 0 Å². The van der Waals surface area contributed by atoms with Crippen molar-refractivity contribution >= 4 is 11.9 Å². The van der Waals surface area contributed by atoms with Crippen LogP contribution in [0.5, 0.6) is 0 Å². The number of hydrogen-bond donors (Lipinski definition) is 1. The monoisotopic (exact) mass is 266 g/mol. The second-order valence-corrected chi connectivity index (χ2v) is 3.49. The standard InChI is InChI=1S/C9H9F3N2O4/c1-5-2-6(13-18-5)8(17)14(3-7(15)16)4-9(10,11)12/h2H,3-4H2,1H3,(H,15,16). The lowest BCUT2D eigenvalue weighted by Crippen LogP contribution is -2.42. The first kappa shape index (κ1) is 14.0. The van der Waals surface area contributed by atoms with E-state index in [9.17, 15) is 22.8 Å². The van der Waals surface area contributed by atoms with Crippen LogP contribution in [0.1, 0.15) is 16.2 Å². The molecule has 0 aliphatic heterocycles. The first-order valence-electron chi connectivity index (χ1n) is 4.70. The van der Waals surface area contributed by atoms with Crippen molar-refractivity contribution in [1.82, 2.24) is 10.1 Å². The molecule has 1 N–H and O–H groups in total. The number of carboxylic acid groups (broad SMARTS) is 1. The number of halogens is 3. The number of aromatic nitrogens is 1. The number of rotatable bonds is 4. The summed E-state index contributed by atoms with van der Waals surface area (Å²) in [5.41, 5.74) is -0.363. The molecule has 0 fully saturated rings. The highest BCUT2D eigenvalue weighted by molar-refractivity contribution is 5.94. The van der Waals surface area contributed by atoms with Gasteiger partial charge in [0.25, 0.3) is 5.91 Å². The van der Waals surface area contributed by atoms with E-state index >= 15 is 0 Å². The third-order valence-electron chi connectivity index (χ3n) is 1.83. The van der Waals surface area contributed by atoms with E-state index in [0.717, 1.165) is 6.07 Å². The van der Waals surface area contributed by atoms with E-state index in [0.29, 0.717) is 0 Å². The Labute approximate surface area is 99.0 Å². The van der Waals surface area contributed by atoms with Crippen molar-refractivity contribution in [3.05, 3.63) is 17.5 Å². The molecule has 0 radical (unpaired) electrons. The average Bonchev–Trinajstić information content (AvgIpc) is 2.59. The molecular formula is C9H9F3N2O4. The molecule has 0 aliphatic carbocycles. The maximum absolute atomic E-state index is 12.2. The van der Waals surface area contributed by atoms with E-state index in [1.165, 1.54) is 6.92 Å². The highest BCUT2D eigenvalue weighted by atomic mass is 19.4. The Morgan fingerprint density at radius 3 is 2.50 bits per heavy atom. The van der Waals surface area contributed by atoms with Crippen LogP contribution in [-0.2, 0) is 4.79 Å². The number of carbonyl (C=O) groups is 2. The lowest BCUT2D eigenvalue weighted by Gasteiger charge is -2.20. The Kier molecular flexibility index (Phi) is 3.94. The summed E-state index contributed by atoms with van der Waals surface area (Å²) < 4.78 is 41.2. The number of carboxylic acids is 1. The summed E-state index contributed by atoms with van der Waals surface area (Å²) in [4.78, 5) is 22.2. The van der Waals surface area contributed by atoms with Gasteiger partial charge in [0, 0.05) is 6.07 Å². The molecule has 18 heavy (non-hydrogen) atoms. The Hall–Kier alpha value is -2.06. The maximum atomic E-state index is 12.2. The molecule has 0 atom stereocenters. The lowest BCUT2D eigenvalue weighted by molar-refractivity contribution is -0.149. The van der Waals surface area contributed by atoms with Gasteiger partial charge in [-0.15, -0.1) is 0 Å². The van der Waals surface area contributed by atoms with Gasteiger partial charge in [0.05, 0.1) is 0 Å². The number of hydrogen-bond acceptors (Lipinski definition) is 4. The number of alkyl halides is 3. The molecule has 0 spiro atoms. The van der Waals surface area contributed by atoms with Gasteiger partial charge in [0.1, 0.15) is 18.8 Å². The van der Waals surface area contributed by atoms with Gasteiger partial charge in [0.2, 0.25) is 0 Å². The molecule has 1 aromatic heterocycles. The van der Waals surface area contributed by atoms with E-state index in [1.807, 2.05) is 0 Å². The molecule has 0 aliphatic rings. The Morgan fingerprint density at radius 2 is 2.11 bits per heavy atom. The van der Waals surface area contributed by atoms with Crippen LogP contribution in [0.15, 0.2) is 10.6 Å². The summed E-state index contributed by atoms with van der Waals surface area (Å²) in [5, 5.41) is 11.7. The summed E-state index contributed by atoms with van der Waals surface area (Å²) in [6, 6.07) is 1.13. The predicted molar refractivity (Wildman–Crippen MR) is 50.8 cm³/mol. The fraction of sp³-hybridized carbons (Fsp3) is 0.444. The zero-order valence-corrected chi connectivity index (χ0v) is 9.19. The van der Waals surface area contributed by atoms with Gasteiger partial charge in [-0.1, -0.05) is 5.16 Å². The summed E-state index contributed by atoms with van der Waals surface area (Å²) in [7, 11) is 0. The molecule has 0 aromatic carbocycles. The number of amides is 1. The minimum absolute atomic E-state index is 0.139. The van der Waals surface area contributed by atoms with Gasteiger partial charge < -0.3 is 14.5 Å². The molecule has 1 rings (SSSR count). The largest absolute Gasteiger partial charge is 0.480 e. The molecule has 0 unspecified atom stereocenters. The fourth-order valence-electron chi connectivity index (χ4n) is 1.21. The van der Waals surface area contributed by atoms with Crippen molar-refractivity contribution in [2.24, 2.45) is 0 Å². The van der Waals surface area contributed by atoms with Crippen LogP contribution in [0.3, 0.4) is 0 Å². The molecular weight excluding hydrogens is 257 g/mol. The van der Waals surface area contributed by atoms with E-state index in [1.54, 1.807) is 0 Å². The van der Waals surface area contributed by atoms with Crippen LogP contribution in [0.25, 0.3) is 0 Å². The highest BCUT2D eigenvalue weighted by Gasteiger charge is 2.35. The van der Waals surface area contributed by atoms with Crippen LogP contribution >= 0.6 is 0 Å². The molecule has 1 aromatic rings. The van der Waals surface area contributed by atoms with Gasteiger partial charge in [-0.3, -0.25) is 9.59 Å². The number of nitrogens with zero attached hydrogens (tertiary/aromatic N) is 2. The van der Waals surface area contributed by atoms with Crippen LogP contribution < -0.4 is 0 Å². The number of carbonyl (C=O) groups excluding carboxylic acids is 1. The molecule has 0 saturated heterocycles. The molecule has 1 amide bonds. The third kappa shape index (κ3) is 4.07. The molecule has 0 saturated carbocycles. The predicted octanol–water partition coefficient (Wildman–Crippen LogP) is 1.07. The lowest BCUT2D eigenvalue weighted by atomic mass is 10.3. The SMILES string of the molecule is Cc1cc(C(=O)N(CC(=O)O)CC(F)(F)F)no1. The van der Waals surface area contributed by atoms with Crippen molar-refractivity contribution in [3.63, 3.8) is 0 Å². The highest BCUT2D eigenvalue weighted by Crippen LogP contribution is 2.18. The average molecular weight is 266 g/mol. The number of aliphatic carboxylic acids is 1. The molecule has 9 heteroatoms. The zero-order chi connectivity index (χ0) is 13.9. The van der Waals surface area contributed by atoms with Crippen molar-refractivity contribution in [2.45, 2.75) is 13.1 Å². The molecule has 0 bridgehead atoms. The van der Waals surface area contributed by atoms with Crippen molar-refractivity contribution < 1.29 is 32.4 Å². The second-order valence-electron chi connectivity index (χ2n) is 3.49. The van der Waals surface area contributed by atoms with E-state index in [-0.39, 0.29) is 16.4 Å². The first-order chi connectivity index (χ1) is 8.19. The Bertz CT molecular complexity index is 455. The van der Waals surface area contributed by atoms with Gasteiger partial charge >= 0.3 is 12.1 Å². The second kappa shape index (κ2) is 5.07. The zero-order valence-electron chi connectivity index (χ0n) is 9.19. The molecule has 1 heterocycles. The maximum Gasteiger partial charge on any atom is 0.406 e. The minimum atomic E-state index is -4.69. The number of aryl methyl sites for hydroxylation is 1. The van der Waals surface area contributed by atoms with E-state index in [4.69, 9.17) is 5.11 Å². The fourth-order valence-corrected chi connectivity index (χ4v) is 1.21. The molecule has 100 valence electrons. The van der Waals surface area contributed by atoms with E-state index < -0.39 is 31.1 Å². The van der Waals surface area contributed by atoms with Crippen molar-refractivity contribution in [3.8, 4) is 0 Å². The summed E-state index contributed by atoms with van der Waals surface area (Å²) >= 11 is 0.